The van der Waals surface area contributed by atoms with Crippen molar-refractivity contribution in [3.63, 3.8) is 0 Å². The summed E-state index contributed by atoms with van der Waals surface area (Å²) in [5.74, 6) is -0.246. The molecule has 0 fully saturated rings. The largest absolute Gasteiger partial charge is 0.472 e. The number of quaternary nitrogens is 1. The van der Waals surface area contributed by atoms with Crippen LogP contribution in [0.1, 0.15) is 104 Å². The third kappa shape index (κ3) is 19.7. The summed E-state index contributed by atoms with van der Waals surface area (Å²) in [4.78, 5) is 10.8. The number of unbranched alkanes of at least 4 members (excludes halogenated alkanes) is 13. The van der Waals surface area contributed by atoms with Gasteiger partial charge in [0.15, 0.2) is 0 Å². The van der Waals surface area contributed by atoms with Crippen LogP contribution in [0.2, 0.25) is 0 Å². The fraction of sp³-hybridized carbons (Fsp3) is 0.909. The van der Waals surface area contributed by atoms with Crippen LogP contribution in [0.5, 0.6) is 0 Å². The minimum Gasteiger partial charge on any atom is -0.472 e. The van der Waals surface area contributed by atoms with Crippen LogP contribution in [-0.2, 0) is 14.3 Å². The lowest BCUT2D eigenvalue weighted by molar-refractivity contribution is -0.638. The summed E-state index contributed by atoms with van der Waals surface area (Å²) in [6.07, 6.45) is 19.2. The SMILES string of the molecule is [CH2-][NH2+]C(COCCCCCCCCCCCCCCCC)COC(C)=O. The van der Waals surface area contributed by atoms with Gasteiger partial charge in [-0.1, -0.05) is 90.4 Å². The minimum atomic E-state index is -0.246. The van der Waals surface area contributed by atoms with Crippen molar-refractivity contribution in [3.05, 3.63) is 7.05 Å². The molecule has 0 heterocycles. The normalized spacial score (nSPS) is 12.3. The number of ether oxygens (including phenoxy) is 2. The van der Waals surface area contributed by atoms with E-state index < -0.39 is 0 Å². The molecular weight excluding hydrogens is 326 g/mol. The number of carbonyl (C=O) groups excluding carboxylic acids is 1. The highest BCUT2D eigenvalue weighted by Gasteiger charge is 2.09. The van der Waals surface area contributed by atoms with Gasteiger partial charge in [0.2, 0.25) is 0 Å². The number of carbonyl (C=O) groups is 1. The molecule has 1 atom stereocenters. The molecule has 4 nitrogen and oxygen atoms in total. The first-order valence-electron chi connectivity index (χ1n) is 11.0. The van der Waals surface area contributed by atoms with Gasteiger partial charge in [-0.15, -0.1) is 0 Å². The smallest absolute Gasteiger partial charge is 0.302 e. The molecule has 26 heavy (non-hydrogen) atoms. The Labute approximate surface area is 162 Å². The van der Waals surface area contributed by atoms with Gasteiger partial charge in [0.25, 0.3) is 0 Å². The van der Waals surface area contributed by atoms with E-state index >= 15 is 0 Å². The van der Waals surface area contributed by atoms with Crippen molar-refractivity contribution in [2.24, 2.45) is 0 Å². The molecule has 0 saturated carbocycles. The highest BCUT2D eigenvalue weighted by atomic mass is 16.5. The highest BCUT2D eigenvalue weighted by Crippen LogP contribution is 2.12. The molecular formula is C22H45NO3. The molecule has 0 radical (unpaired) electrons. The summed E-state index contributed by atoms with van der Waals surface area (Å²) in [7, 11) is 3.76. The Morgan fingerprint density at radius 3 is 1.69 bits per heavy atom. The third-order valence-electron chi connectivity index (χ3n) is 4.81. The molecule has 2 N–H and O–H groups in total. The summed E-state index contributed by atoms with van der Waals surface area (Å²) in [5.41, 5.74) is 0. The fourth-order valence-electron chi connectivity index (χ4n) is 3.04. The summed E-state index contributed by atoms with van der Waals surface area (Å²) >= 11 is 0. The first-order chi connectivity index (χ1) is 12.7. The van der Waals surface area contributed by atoms with Crippen LogP contribution in [-0.4, -0.2) is 31.8 Å². The predicted octanol–water partition coefficient (Wildman–Crippen LogP) is 4.77. The van der Waals surface area contributed by atoms with Gasteiger partial charge >= 0.3 is 5.97 Å². The molecule has 1 unspecified atom stereocenters. The molecule has 0 aromatic carbocycles. The van der Waals surface area contributed by atoms with Gasteiger partial charge in [-0.2, -0.15) is 7.05 Å². The molecule has 0 amide bonds. The van der Waals surface area contributed by atoms with E-state index in [4.69, 9.17) is 9.47 Å². The van der Waals surface area contributed by atoms with Gasteiger partial charge in [0.1, 0.15) is 12.6 Å². The lowest BCUT2D eigenvalue weighted by Crippen LogP contribution is -2.86. The van der Waals surface area contributed by atoms with Crippen LogP contribution in [0.25, 0.3) is 0 Å². The Bertz CT molecular complexity index is 297. The van der Waals surface area contributed by atoms with Crippen LogP contribution in [0, 0.1) is 7.05 Å². The van der Waals surface area contributed by atoms with Crippen LogP contribution in [0.4, 0.5) is 0 Å². The van der Waals surface area contributed by atoms with Crippen molar-refractivity contribution in [1.29, 1.82) is 0 Å². The molecule has 0 saturated heterocycles. The average molecular weight is 372 g/mol. The van der Waals surface area contributed by atoms with E-state index in [0.29, 0.717) is 13.2 Å². The van der Waals surface area contributed by atoms with Crippen molar-refractivity contribution >= 4 is 5.97 Å². The standard InChI is InChI=1S/C22H45NO3/c1-4-5-6-7-8-9-10-11-12-13-14-15-16-17-18-25-19-22(23-3)20-26-21(2)24/h22H,3-20,23H2,1-2H3. The van der Waals surface area contributed by atoms with E-state index in [1.165, 1.54) is 90.4 Å². The van der Waals surface area contributed by atoms with Gasteiger partial charge in [-0.05, 0) is 6.42 Å². The second-order valence-electron chi connectivity index (χ2n) is 7.47. The van der Waals surface area contributed by atoms with Gasteiger partial charge in [-0.25, -0.2) is 0 Å². The molecule has 156 valence electrons. The summed E-state index contributed by atoms with van der Waals surface area (Å²) < 4.78 is 10.6. The Morgan fingerprint density at radius 1 is 0.808 bits per heavy atom. The quantitative estimate of drug-likeness (QED) is 0.190. The number of rotatable bonds is 20. The molecule has 4 heteroatoms. The Hall–Kier alpha value is -0.610. The zero-order valence-electron chi connectivity index (χ0n) is 17.6. The van der Waals surface area contributed by atoms with Crippen LogP contribution < -0.4 is 5.32 Å². The first-order valence-corrected chi connectivity index (χ1v) is 11.0. The molecule has 0 spiro atoms. The van der Waals surface area contributed by atoms with Crippen LogP contribution in [0.3, 0.4) is 0 Å². The average Bonchev–Trinajstić information content (AvgIpc) is 2.63. The molecule has 0 aromatic rings. The van der Waals surface area contributed by atoms with Crippen molar-refractivity contribution in [2.45, 2.75) is 110 Å². The third-order valence-corrected chi connectivity index (χ3v) is 4.81. The number of hydrogen-bond donors (Lipinski definition) is 1. The number of esters is 1. The predicted molar refractivity (Wildman–Crippen MR) is 109 cm³/mol. The van der Waals surface area contributed by atoms with E-state index in [1.807, 2.05) is 0 Å². The van der Waals surface area contributed by atoms with Crippen molar-refractivity contribution in [3.8, 4) is 0 Å². The zero-order chi connectivity index (χ0) is 19.3. The molecule has 0 bridgehead atoms. The summed E-state index contributed by atoms with van der Waals surface area (Å²) in [6, 6.07) is 0.102. The Balaban J connectivity index is 3.18. The molecule has 0 aliphatic heterocycles. The summed E-state index contributed by atoms with van der Waals surface area (Å²) in [5, 5.41) is 1.80. The molecule has 0 aliphatic rings. The topological polar surface area (TPSA) is 52.1 Å². The fourth-order valence-corrected chi connectivity index (χ4v) is 3.04. The lowest BCUT2D eigenvalue weighted by atomic mass is 10.0. The zero-order valence-corrected chi connectivity index (χ0v) is 17.6. The minimum absolute atomic E-state index is 0.102. The van der Waals surface area contributed by atoms with Gasteiger partial charge in [0.05, 0.1) is 6.61 Å². The van der Waals surface area contributed by atoms with E-state index in [2.05, 4.69) is 14.0 Å². The molecule has 0 rings (SSSR count). The van der Waals surface area contributed by atoms with Crippen LogP contribution in [0.15, 0.2) is 0 Å². The van der Waals surface area contributed by atoms with Crippen molar-refractivity contribution in [2.75, 3.05) is 19.8 Å². The second-order valence-corrected chi connectivity index (χ2v) is 7.47. The van der Waals surface area contributed by atoms with E-state index in [9.17, 15) is 4.79 Å². The van der Waals surface area contributed by atoms with Gasteiger partial charge < -0.3 is 14.8 Å². The molecule has 0 aromatic heterocycles. The van der Waals surface area contributed by atoms with E-state index in [1.54, 1.807) is 5.32 Å². The van der Waals surface area contributed by atoms with E-state index in [0.717, 1.165) is 13.0 Å². The first kappa shape index (κ1) is 25.4. The summed E-state index contributed by atoms with van der Waals surface area (Å²) in [6.45, 7) is 5.46. The van der Waals surface area contributed by atoms with E-state index in [-0.39, 0.29) is 12.0 Å². The van der Waals surface area contributed by atoms with Crippen molar-refractivity contribution < 1.29 is 19.6 Å². The maximum atomic E-state index is 10.8. The van der Waals surface area contributed by atoms with Crippen molar-refractivity contribution in [1.82, 2.24) is 0 Å². The molecule has 0 aliphatic carbocycles. The van der Waals surface area contributed by atoms with Gasteiger partial charge in [-0.3, -0.25) is 4.79 Å². The maximum Gasteiger partial charge on any atom is 0.302 e. The highest BCUT2D eigenvalue weighted by molar-refractivity contribution is 5.65. The van der Waals surface area contributed by atoms with Crippen LogP contribution >= 0.6 is 0 Å². The maximum absolute atomic E-state index is 10.8. The second kappa shape index (κ2) is 20.7. The Morgan fingerprint density at radius 2 is 1.27 bits per heavy atom. The Kier molecular flexibility index (Phi) is 20.2. The number of nitrogens with two attached hydrogens (primary N) is 1. The lowest BCUT2D eigenvalue weighted by Gasteiger charge is -2.16. The van der Waals surface area contributed by atoms with Gasteiger partial charge in [0, 0.05) is 13.5 Å². The monoisotopic (exact) mass is 371 g/mol. The number of hydrogen-bond acceptors (Lipinski definition) is 3.